The van der Waals surface area contributed by atoms with Crippen molar-refractivity contribution in [1.82, 2.24) is 25.2 Å². The van der Waals surface area contributed by atoms with Crippen molar-refractivity contribution >= 4 is 11.8 Å². The van der Waals surface area contributed by atoms with Crippen LogP contribution in [0.4, 0.5) is 0 Å². The molecule has 7 heteroatoms. The molecular formula is C22H29N5O2. The summed E-state index contributed by atoms with van der Waals surface area (Å²) >= 11 is 0. The van der Waals surface area contributed by atoms with Crippen molar-refractivity contribution in [3.8, 4) is 5.69 Å². The van der Waals surface area contributed by atoms with E-state index in [4.69, 9.17) is 0 Å². The highest BCUT2D eigenvalue weighted by Crippen LogP contribution is 2.24. The first-order valence-electron chi connectivity index (χ1n) is 10.7. The molecule has 29 heavy (non-hydrogen) atoms. The third-order valence-corrected chi connectivity index (χ3v) is 6.12. The minimum Gasteiger partial charge on any atom is -0.353 e. The van der Waals surface area contributed by atoms with Crippen molar-refractivity contribution in [3.63, 3.8) is 0 Å². The summed E-state index contributed by atoms with van der Waals surface area (Å²) in [5.41, 5.74) is 2.41. The highest BCUT2D eigenvalue weighted by atomic mass is 16.2. The van der Waals surface area contributed by atoms with Gasteiger partial charge >= 0.3 is 0 Å². The number of amides is 2. The fourth-order valence-corrected chi connectivity index (χ4v) is 4.26. The summed E-state index contributed by atoms with van der Waals surface area (Å²) in [6.07, 6.45) is 8.86. The number of benzene rings is 1. The zero-order valence-electron chi connectivity index (χ0n) is 17.0. The maximum atomic E-state index is 12.8. The van der Waals surface area contributed by atoms with Crippen molar-refractivity contribution in [2.75, 3.05) is 13.1 Å². The number of hydrogen-bond donors (Lipinski definition) is 1. The molecule has 4 rings (SSSR count). The van der Waals surface area contributed by atoms with Crippen molar-refractivity contribution in [2.45, 2.75) is 57.9 Å². The molecule has 0 bridgehead atoms. The van der Waals surface area contributed by atoms with Crippen LogP contribution in [0, 0.1) is 12.8 Å². The van der Waals surface area contributed by atoms with E-state index >= 15 is 0 Å². The Kier molecular flexibility index (Phi) is 5.92. The summed E-state index contributed by atoms with van der Waals surface area (Å²) in [5.74, 6) is 0.288. The van der Waals surface area contributed by atoms with Crippen molar-refractivity contribution in [1.29, 1.82) is 0 Å². The smallest absolute Gasteiger partial charge is 0.276 e. The number of rotatable bonds is 4. The SMILES string of the molecule is Cc1ccc(-n2cc(C(=O)N3CCC(NC(=O)C4CCCCC4)CC3)nn2)cc1. The third kappa shape index (κ3) is 4.66. The van der Waals surface area contributed by atoms with Crippen LogP contribution in [0.2, 0.25) is 0 Å². The first-order chi connectivity index (χ1) is 14.1. The number of likely N-dealkylation sites (tertiary alicyclic amines) is 1. The molecule has 2 aromatic rings. The Morgan fingerprint density at radius 3 is 2.38 bits per heavy atom. The number of nitrogens with zero attached hydrogens (tertiary/aromatic N) is 4. The van der Waals surface area contributed by atoms with E-state index in [0.717, 1.165) is 44.2 Å². The molecule has 1 aliphatic carbocycles. The van der Waals surface area contributed by atoms with Crippen molar-refractivity contribution in [2.24, 2.45) is 5.92 Å². The molecule has 2 amide bonds. The summed E-state index contributed by atoms with van der Waals surface area (Å²) < 4.78 is 1.63. The van der Waals surface area contributed by atoms with Gasteiger partial charge in [0, 0.05) is 25.0 Å². The van der Waals surface area contributed by atoms with Gasteiger partial charge in [0.2, 0.25) is 5.91 Å². The minimum atomic E-state index is -0.0968. The van der Waals surface area contributed by atoms with Crippen LogP contribution in [-0.2, 0) is 4.79 Å². The average Bonchev–Trinajstić information content (AvgIpc) is 3.25. The Balaban J connectivity index is 1.30. The highest BCUT2D eigenvalue weighted by molar-refractivity contribution is 5.92. The van der Waals surface area contributed by atoms with Crippen molar-refractivity contribution < 1.29 is 9.59 Å². The van der Waals surface area contributed by atoms with Crippen LogP contribution >= 0.6 is 0 Å². The third-order valence-electron chi connectivity index (χ3n) is 6.12. The lowest BCUT2D eigenvalue weighted by Gasteiger charge is -2.33. The molecule has 1 aromatic heterocycles. The zero-order valence-corrected chi connectivity index (χ0v) is 17.0. The lowest BCUT2D eigenvalue weighted by molar-refractivity contribution is -0.126. The van der Waals surface area contributed by atoms with Crippen LogP contribution in [0.1, 0.15) is 61.0 Å². The van der Waals surface area contributed by atoms with Crippen LogP contribution < -0.4 is 5.32 Å². The van der Waals surface area contributed by atoms with Crippen LogP contribution in [-0.4, -0.2) is 50.8 Å². The Hall–Kier alpha value is -2.70. The highest BCUT2D eigenvalue weighted by Gasteiger charge is 2.28. The van der Waals surface area contributed by atoms with Crippen LogP contribution in [0.25, 0.3) is 5.69 Å². The van der Waals surface area contributed by atoms with Gasteiger partial charge in [-0.05, 0) is 44.7 Å². The first kappa shape index (κ1) is 19.6. The van der Waals surface area contributed by atoms with E-state index in [0.29, 0.717) is 18.8 Å². The van der Waals surface area contributed by atoms with E-state index in [1.165, 1.54) is 12.0 Å². The maximum absolute atomic E-state index is 12.8. The number of carbonyl (C=O) groups excluding carboxylic acids is 2. The van der Waals surface area contributed by atoms with Gasteiger partial charge in [-0.2, -0.15) is 0 Å². The maximum Gasteiger partial charge on any atom is 0.276 e. The number of hydrogen-bond acceptors (Lipinski definition) is 4. The number of piperidine rings is 1. The van der Waals surface area contributed by atoms with Crippen LogP contribution in [0.3, 0.4) is 0 Å². The fraction of sp³-hybridized carbons (Fsp3) is 0.545. The number of carbonyl (C=O) groups is 2. The second-order valence-corrected chi connectivity index (χ2v) is 8.29. The summed E-state index contributed by atoms with van der Waals surface area (Å²) in [5, 5.41) is 11.4. The van der Waals surface area contributed by atoms with Gasteiger partial charge in [0.25, 0.3) is 5.91 Å². The minimum absolute atomic E-state index is 0.0968. The van der Waals surface area contributed by atoms with Gasteiger partial charge in [-0.3, -0.25) is 9.59 Å². The van der Waals surface area contributed by atoms with Crippen molar-refractivity contribution in [3.05, 3.63) is 41.7 Å². The summed E-state index contributed by atoms with van der Waals surface area (Å²) in [6, 6.07) is 8.09. The molecule has 0 radical (unpaired) electrons. The molecule has 0 spiro atoms. The predicted octanol–water partition coefficient (Wildman–Crippen LogP) is 2.88. The van der Waals surface area contributed by atoms with Crippen LogP contribution in [0.15, 0.2) is 30.5 Å². The van der Waals surface area contributed by atoms with Gasteiger partial charge in [0.15, 0.2) is 5.69 Å². The van der Waals surface area contributed by atoms with Gasteiger partial charge in [0.1, 0.15) is 0 Å². The summed E-state index contributed by atoms with van der Waals surface area (Å²) in [4.78, 5) is 27.1. The zero-order chi connectivity index (χ0) is 20.2. The molecule has 1 aliphatic heterocycles. The monoisotopic (exact) mass is 395 g/mol. The summed E-state index contributed by atoms with van der Waals surface area (Å²) in [7, 11) is 0. The molecule has 2 aliphatic rings. The second-order valence-electron chi connectivity index (χ2n) is 8.29. The molecular weight excluding hydrogens is 366 g/mol. The number of nitrogens with one attached hydrogen (secondary N) is 1. The largest absolute Gasteiger partial charge is 0.353 e. The molecule has 1 saturated heterocycles. The van der Waals surface area contributed by atoms with Gasteiger partial charge in [-0.1, -0.05) is 42.2 Å². The molecule has 1 saturated carbocycles. The Bertz CT molecular complexity index is 846. The van der Waals surface area contributed by atoms with E-state index in [2.05, 4.69) is 15.6 Å². The van der Waals surface area contributed by atoms with Gasteiger partial charge in [0.05, 0.1) is 11.9 Å². The molecule has 1 aromatic carbocycles. The standard InChI is InChI=1S/C22H29N5O2/c1-16-7-9-19(10-8-16)27-15-20(24-25-27)22(29)26-13-11-18(12-14-26)23-21(28)17-5-3-2-4-6-17/h7-10,15,17-18H,2-6,11-14H2,1H3,(H,23,28). The number of aryl methyl sites for hydroxylation is 1. The normalized spacial score (nSPS) is 18.6. The Morgan fingerprint density at radius 2 is 1.69 bits per heavy atom. The lowest BCUT2D eigenvalue weighted by Crippen LogP contribution is -2.48. The molecule has 1 N–H and O–H groups in total. The second kappa shape index (κ2) is 8.76. The molecule has 0 unspecified atom stereocenters. The molecule has 0 atom stereocenters. The average molecular weight is 396 g/mol. The predicted molar refractivity (Wildman–Crippen MR) is 110 cm³/mol. The molecule has 154 valence electrons. The molecule has 2 heterocycles. The van der Waals surface area contributed by atoms with E-state index in [1.807, 2.05) is 36.1 Å². The van der Waals surface area contributed by atoms with E-state index in [-0.39, 0.29) is 23.8 Å². The lowest BCUT2D eigenvalue weighted by atomic mass is 9.88. The first-order valence-corrected chi connectivity index (χ1v) is 10.7. The Labute approximate surface area is 171 Å². The van der Waals surface area contributed by atoms with Gasteiger partial charge in [-0.15, -0.1) is 5.10 Å². The van der Waals surface area contributed by atoms with E-state index < -0.39 is 0 Å². The molecule has 2 fully saturated rings. The number of aromatic nitrogens is 3. The quantitative estimate of drug-likeness (QED) is 0.863. The van der Waals surface area contributed by atoms with Gasteiger partial charge in [-0.25, -0.2) is 4.68 Å². The van der Waals surface area contributed by atoms with E-state index in [9.17, 15) is 9.59 Å². The topological polar surface area (TPSA) is 80.1 Å². The van der Waals surface area contributed by atoms with Crippen LogP contribution in [0.5, 0.6) is 0 Å². The van der Waals surface area contributed by atoms with Gasteiger partial charge < -0.3 is 10.2 Å². The van der Waals surface area contributed by atoms with E-state index in [1.54, 1.807) is 10.9 Å². The Morgan fingerprint density at radius 1 is 1.00 bits per heavy atom. The fourth-order valence-electron chi connectivity index (χ4n) is 4.26. The summed E-state index contributed by atoms with van der Waals surface area (Å²) in [6.45, 7) is 3.29. The molecule has 7 nitrogen and oxygen atoms in total.